The number of hydrogen-bond donors (Lipinski definition) is 2. The van der Waals surface area contributed by atoms with Gasteiger partial charge < -0.3 is 10.6 Å². The van der Waals surface area contributed by atoms with Crippen LogP contribution in [-0.2, 0) is 27.4 Å². The quantitative estimate of drug-likeness (QED) is 0.778. The SMILES string of the molecule is Cc1nn(C)c(C)c1NC(=O)CNC(=O)c1ccc(CS(C)(=O)=O)cc1. The van der Waals surface area contributed by atoms with Crippen LogP contribution >= 0.6 is 0 Å². The summed E-state index contributed by atoms with van der Waals surface area (Å²) >= 11 is 0. The van der Waals surface area contributed by atoms with Gasteiger partial charge in [0.15, 0.2) is 9.84 Å². The molecule has 2 aromatic rings. The Bertz CT molecular complexity index is 930. The standard InChI is InChI=1S/C17H22N4O4S/c1-11-16(12(2)21(3)20-11)19-15(22)9-18-17(23)14-7-5-13(6-8-14)10-26(4,24)25/h5-8H,9-10H2,1-4H3,(H,18,23)(H,19,22). The molecule has 0 saturated carbocycles. The van der Waals surface area contributed by atoms with Crippen LogP contribution in [0.3, 0.4) is 0 Å². The number of nitrogens with one attached hydrogen (secondary N) is 2. The van der Waals surface area contributed by atoms with Gasteiger partial charge in [-0.25, -0.2) is 8.42 Å². The fourth-order valence-corrected chi connectivity index (χ4v) is 3.25. The summed E-state index contributed by atoms with van der Waals surface area (Å²) in [5.74, 6) is -0.849. The van der Waals surface area contributed by atoms with Crippen LogP contribution in [0.4, 0.5) is 5.69 Å². The first-order valence-corrected chi connectivity index (χ1v) is 9.98. The lowest BCUT2D eigenvalue weighted by Crippen LogP contribution is -2.33. The Labute approximate surface area is 152 Å². The molecule has 1 heterocycles. The molecular formula is C17H22N4O4S. The maximum atomic E-state index is 12.1. The molecule has 0 unspecified atom stereocenters. The largest absolute Gasteiger partial charge is 0.343 e. The lowest BCUT2D eigenvalue weighted by Gasteiger charge is -2.08. The second-order valence-electron chi connectivity index (χ2n) is 6.17. The van der Waals surface area contributed by atoms with Crippen LogP contribution in [0.2, 0.25) is 0 Å². The number of benzene rings is 1. The average molecular weight is 378 g/mol. The zero-order chi connectivity index (χ0) is 19.5. The highest BCUT2D eigenvalue weighted by atomic mass is 32.2. The number of rotatable bonds is 6. The molecule has 2 rings (SSSR count). The van der Waals surface area contributed by atoms with Gasteiger partial charge in [-0.1, -0.05) is 12.1 Å². The van der Waals surface area contributed by atoms with E-state index in [1.54, 1.807) is 30.8 Å². The van der Waals surface area contributed by atoms with E-state index >= 15 is 0 Å². The molecule has 9 heteroatoms. The monoisotopic (exact) mass is 378 g/mol. The third kappa shape index (κ3) is 5.16. The summed E-state index contributed by atoms with van der Waals surface area (Å²) in [5, 5.41) is 9.49. The third-order valence-electron chi connectivity index (χ3n) is 3.83. The zero-order valence-electron chi connectivity index (χ0n) is 15.2. The highest BCUT2D eigenvalue weighted by Gasteiger charge is 2.14. The first-order valence-electron chi connectivity index (χ1n) is 7.91. The number of nitrogens with zero attached hydrogens (tertiary/aromatic N) is 2. The Morgan fingerprint density at radius 3 is 2.27 bits per heavy atom. The Hall–Kier alpha value is -2.68. The van der Waals surface area contributed by atoms with Crippen molar-refractivity contribution >= 4 is 27.3 Å². The second-order valence-corrected chi connectivity index (χ2v) is 8.31. The van der Waals surface area contributed by atoms with E-state index in [9.17, 15) is 18.0 Å². The maximum absolute atomic E-state index is 12.1. The molecule has 0 saturated heterocycles. The van der Waals surface area contributed by atoms with Crippen molar-refractivity contribution in [3.63, 3.8) is 0 Å². The van der Waals surface area contributed by atoms with Gasteiger partial charge in [0.1, 0.15) is 0 Å². The van der Waals surface area contributed by atoms with E-state index in [1.165, 1.54) is 12.1 Å². The number of aryl methyl sites for hydroxylation is 2. The molecule has 0 aliphatic rings. The predicted molar refractivity (Wildman–Crippen MR) is 98.6 cm³/mol. The van der Waals surface area contributed by atoms with E-state index in [-0.39, 0.29) is 18.2 Å². The van der Waals surface area contributed by atoms with Gasteiger partial charge in [-0.05, 0) is 31.5 Å². The van der Waals surface area contributed by atoms with Crippen molar-refractivity contribution in [3.8, 4) is 0 Å². The van der Waals surface area contributed by atoms with Crippen molar-refractivity contribution in [2.75, 3.05) is 18.1 Å². The van der Waals surface area contributed by atoms with Crippen molar-refractivity contribution < 1.29 is 18.0 Å². The molecular weight excluding hydrogens is 356 g/mol. The number of sulfone groups is 1. The zero-order valence-corrected chi connectivity index (χ0v) is 16.0. The minimum atomic E-state index is -3.13. The molecule has 1 aromatic carbocycles. The third-order valence-corrected chi connectivity index (χ3v) is 4.69. The van der Waals surface area contributed by atoms with E-state index in [0.717, 1.165) is 11.9 Å². The van der Waals surface area contributed by atoms with E-state index < -0.39 is 15.7 Å². The minimum absolute atomic E-state index is 0.0822. The molecule has 0 aliphatic heterocycles. The Morgan fingerprint density at radius 1 is 1.15 bits per heavy atom. The molecule has 140 valence electrons. The smallest absolute Gasteiger partial charge is 0.251 e. The lowest BCUT2D eigenvalue weighted by molar-refractivity contribution is -0.115. The number of hydrogen-bond acceptors (Lipinski definition) is 5. The van der Waals surface area contributed by atoms with Gasteiger partial charge in [0, 0.05) is 18.9 Å². The van der Waals surface area contributed by atoms with Crippen LogP contribution in [0.15, 0.2) is 24.3 Å². The number of aromatic nitrogens is 2. The minimum Gasteiger partial charge on any atom is -0.343 e. The summed E-state index contributed by atoms with van der Waals surface area (Å²) in [4.78, 5) is 24.2. The molecule has 2 amide bonds. The molecule has 0 aliphatic carbocycles. The van der Waals surface area contributed by atoms with Crippen LogP contribution in [0.25, 0.3) is 0 Å². The molecule has 0 fully saturated rings. The van der Waals surface area contributed by atoms with Gasteiger partial charge >= 0.3 is 0 Å². The van der Waals surface area contributed by atoms with Crippen molar-refractivity contribution in [3.05, 3.63) is 46.8 Å². The van der Waals surface area contributed by atoms with Crippen LogP contribution in [0.1, 0.15) is 27.3 Å². The highest BCUT2D eigenvalue weighted by Crippen LogP contribution is 2.17. The first-order chi connectivity index (χ1) is 12.1. The molecule has 8 nitrogen and oxygen atoms in total. The molecule has 1 aromatic heterocycles. The van der Waals surface area contributed by atoms with E-state index in [2.05, 4.69) is 15.7 Å². The van der Waals surface area contributed by atoms with Crippen molar-refractivity contribution in [2.24, 2.45) is 7.05 Å². The normalized spacial score (nSPS) is 11.2. The molecule has 0 atom stereocenters. The summed E-state index contributed by atoms with van der Waals surface area (Å²) in [7, 11) is -1.34. The van der Waals surface area contributed by atoms with Crippen molar-refractivity contribution in [2.45, 2.75) is 19.6 Å². The maximum Gasteiger partial charge on any atom is 0.251 e. The van der Waals surface area contributed by atoms with Gasteiger partial charge in [-0.15, -0.1) is 0 Å². The van der Waals surface area contributed by atoms with Gasteiger partial charge in [-0.2, -0.15) is 5.10 Å². The number of carbonyl (C=O) groups is 2. The van der Waals surface area contributed by atoms with Gasteiger partial charge in [0.25, 0.3) is 5.91 Å². The van der Waals surface area contributed by atoms with Crippen LogP contribution in [0.5, 0.6) is 0 Å². The van der Waals surface area contributed by atoms with E-state index in [4.69, 9.17) is 0 Å². The molecule has 2 N–H and O–H groups in total. The fourth-order valence-electron chi connectivity index (χ4n) is 2.46. The fraction of sp³-hybridized carbons (Fsp3) is 0.353. The number of amides is 2. The molecule has 26 heavy (non-hydrogen) atoms. The van der Waals surface area contributed by atoms with Gasteiger partial charge in [0.2, 0.25) is 5.91 Å². The Kier molecular flexibility index (Phi) is 5.81. The first kappa shape index (κ1) is 19.6. The van der Waals surface area contributed by atoms with Crippen LogP contribution in [0, 0.1) is 13.8 Å². The summed E-state index contributed by atoms with van der Waals surface area (Å²) in [6.45, 7) is 3.45. The van der Waals surface area contributed by atoms with Gasteiger partial charge in [-0.3, -0.25) is 14.3 Å². The Balaban J connectivity index is 1.92. The summed E-state index contributed by atoms with van der Waals surface area (Å²) in [6, 6.07) is 6.23. The van der Waals surface area contributed by atoms with Crippen LogP contribution in [-0.4, -0.2) is 42.8 Å². The molecule has 0 bridgehead atoms. The van der Waals surface area contributed by atoms with Gasteiger partial charge in [0.05, 0.1) is 29.4 Å². The Morgan fingerprint density at radius 2 is 1.77 bits per heavy atom. The molecule has 0 spiro atoms. The summed E-state index contributed by atoms with van der Waals surface area (Å²) < 4.78 is 24.2. The summed E-state index contributed by atoms with van der Waals surface area (Å²) in [5.41, 5.74) is 3.11. The second kappa shape index (κ2) is 7.69. The topological polar surface area (TPSA) is 110 Å². The predicted octanol–water partition coefficient (Wildman–Crippen LogP) is 0.950. The summed E-state index contributed by atoms with van der Waals surface area (Å²) in [6.07, 6.45) is 1.15. The number of anilines is 1. The van der Waals surface area contributed by atoms with Crippen molar-refractivity contribution in [1.82, 2.24) is 15.1 Å². The highest BCUT2D eigenvalue weighted by molar-refractivity contribution is 7.89. The van der Waals surface area contributed by atoms with Crippen molar-refractivity contribution in [1.29, 1.82) is 0 Å². The van der Waals surface area contributed by atoms with E-state index in [1.807, 2.05) is 6.92 Å². The molecule has 0 radical (unpaired) electrons. The average Bonchev–Trinajstić information content (AvgIpc) is 2.78. The number of carbonyl (C=O) groups excluding carboxylic acids is 2. The lowest BCUT2D eigenvalue weighted by atomic mass is 10.1. The van der Waals surface area contributed by atoms with Crippen LogP contribution < -0.4 is 10.6 Å². The van der Waals surface area contributed by atoms with E-state index in [0.29, 0.717) is 22.5 Å².